The van der Waals surface area contributed by atoms with Gasteiger partial charge in [0.05, 0.1) is 22.9 Å². The van der Waals surface area contributed by atoms with E-state index in [2.05, 4.69) is 4.98 Å². The van der Waals surface area contributed by atoms with Gasteiger partial charge in [-0.1, -0.05) is 25.4 Å². The van der Waals surface area contributed by atoms with E-state index >= 15 is 0 Å². The molecule has 0 saturated heterocycles. The average molecular weight is 324 g/mol. The van der Waals surface area contributed by atoms with Gasteiger partial charge in [-0.25, -0.2) is 9.18 Å². The van der Waals surface area contributed by atoms with Crippen molar-refractivity contribution >= 4 is 17.6 Å². The molecule has 6 heteroatoms. The Morgan fingerprint density at radius 3 is 2.68 bits per heavy atom. The Hall–Kier alpha value is -2.14. The number of carboxylic acids is 1. The van der Waals surface area contributed by atoms with E-state index in [4.69, 9.17) is 21.4 Å². The number of rotatable bonds is 5. The summed E-state index contributed by atoms with van der Waals surface area (Å²) in [6, 6.07) is 5.62. The Labute approximate surface area is 132 Å². The first-order chi connectivity index (χ1) is 10.4. The lowest BCUT2D eigenvalue weighted by molar-refractivity contribution is 0.0696. The minimum atomic E-state index is -1.16. The molecule has 0 unspecified atom stereocenters. The van der Waals surface area contributed by atoms with Crippen molar-refractivity contribution in [3.05, 3.63) is 46.9 Å². The quantitative estimate of drug-likeness (QED) is 0.892. The lowest BCUT2D eigenvalue weighted by atomic mass is 10.1. The van der Waals surface area contributed by atoms with Crippen LogP contribution in [0.1, 0.15) is 24.2 Å². The predicted octanol–water partition coefficient (Wildman–Crippen LogP) is 4.27. The summed E-state index contributed by atoms with van der Waals surface area (Å²) in [5, 5.41) is 8.98. The number of carbonyl (C=O) groups is 1. The smallest absolute Gasteiger partial charge is 0.338 e. The van der Waals surface area contributed by atoms with E-state index < -0.39 is 11.8 Å². The van der Waals surface area contributed by atoms with Crippen LogP contribution in [-0.4, -0.2) is 22.7 Å². The minimum Gasteiger partial charge on any atom is -0.493 e. The van der Waals surface area contributed by atoms with E-state index in [9.17, 15) is 9.18 Å². The Kier molecular flexibility index (Phi) is 4.98. The number of carboxylic acid groups (broad SMARTS) is 1. The van der Waals surface area contributed by atoms with Gasteiger partial charge < -0.3 is 9.84 Å². The zero-order valence-corrected chi connectivity index (χ0v) is 12.9. The molecule has 0 aliphatic heterocycles. The molecule has 22 heavy (non-hydrogen) atoms. The van der Waals surface area contributed by atoms with Crippen molar-refractivity contribution in [2.24, 2.45) is 5.92 Å². The second kappa shape index (κ2) is 6.75. The molecule has 0 aliphatic rings. The van der Waals surface area contributed by atoms with Gasteiger partial charge in [0.25, 0.3) is 0 Å². The first kappa shape index (κ1) is 16.2. The Balaban J connectivity index is 2.36. The van der Waals surface area contributed by atoms with Crippen LogP contribution in [0.25, 0.3) is 11.3 Å². The van der Waals surface area contributed by atoms with Crippen molar-refractivity contribution < 1.29 is 19.0 Å². The molecule has 116 valence electrons. The van der Waals surface area contributed by atoms with Crippen molar-refractivity contribution in [1.82, 2.24) is 4.98 Å². The molecule has 0 saturated carbocycles. The zero-order chi connectivity index (χ0) is 16.3. The molecular weight excluding hydrogens is 309 g/mol. The van der Waals surface area contributed by atoms with E-state index in [1.165, 1.54) is 18.2 Å². The van der Waals surface area contributed by atoms with Gasteiger partial charge in [-0.15, -0.1) is 0 Å². The van der Waals surface area contributed by atoms with Gasteiger partial charge in [0.1, 0.15) is 11.6 Å². The molecule has 1 N–H and O–H groups in total. The summed E-state index contributed by atoms with van der Waals surface area (Å²) in [4.78, 5) is 14.9. The summed E-state index contributed by atoms with van der Waals surface area (Å²) >= 11 is 5.91. The molecule has 1 heterocycles. The van der Waals surface area contributed by atoms with Crippen LogP contribution in [-0.2, 0) is 0 Å². The molecule has 1 aromatic carbocycles. The number of benzene rings is 1. The van der Waals surface area contributed by atoms with E-state index in [0.717, 1.165) is 6.20 Å². The third kappa shape index (κ3) is 3.95. The normalized spacial score (nSPS) is 10.8. The van der Waals surface area contributed by atoms with Crippen molar-refractivity contribution in [3.8, 4) is 17.0 Å². The molecule has 1 aromatic heterocycles. The van der Waals surface area contributed by atoms with Crippen LogP contribution < -0.4 is 4.74 Å². The maximum atomic E-state index is 13.7. The standard InChI is InChI=1S/C16H15ClFNO3/c1-9(2)8-22-12-4-10(3-11(18)5-12)15-6-14(17)13(7-19-15)16(20)21/h3-7,9H,8H2,1-2H3,(H,20,21). The number of ether oxygens (including phenoxy) is 1. The molecule has 0 amide bonds. The van der Waals surface area contributed by atoms with Crippen LogP contribution in [0.3, 0.4) is 0 Å². The van der Waals surface area contributed by atoms with Gasteiger partial charge in [0, 0.05) is 17.8 Å². The van der Waals surface area contributed by atoms with Crippen molar-refractivity contribution in [2.75, 3.05) is 6.61 Å². The van der Waals surface area contributed by atoms with Gasteiger partial charge in [0.15, 0.2) is 0 Å². The first-order valence-electron chi connectivity index (χ1n) is 6.69. The van der Waals surface area contributed by atoms with Crippen LogP contribution >= 0.6 is 11.6 Å². The summed E-state index contributed by atoms with van der Waals surface area (Å²) in [5.41, 5.74) is 0.750. The molecule has 0 spiro atoms. The monoisotopic (exact) mass is 323 g/mol. The van der Waals surface area contributed by atoms with E-state index in [0.29, 0.717) is 29.5 Å². The molecule has 0 atom stereocenters. The lowest BCUT2D eigenvalue weighted by Gasteiger charge is -2.11. The van der Waals surface area contributed by atoms with Crippen LogP contribution in [0.5, 0.6) is 5.75 Å². The second-order valence-corrected chi connectivity index (χ2v) is 5.64. The molecule has 0 bridgehead atoms. The molecular formula is C16H15ClFNO3. The third-order valence-electron chi connectivity index (χ3n) is 2.83. The number of hydrogen-bond donors (Lipinski definition) is 1. The Bertz CT molecular complexity index is 704. The second-order valence-electron chi connectivity index (χ2n) is 5.24. The van der Waals surface area contributed by atoms with Gasteiger partial charge in [0.2, 0.25) is 0 Å². The van der Waals surface area contributed by atoms with Crippen molar-refractivity contribution in [3.63, 3.8) is 0 Å². The van der Waals surface area contributed by atoms with Gasteiger partial charge in [-0.3, -0.25) is 4.98 Å². The highest BCUT2D eigenvalue weighted by Crippen LogP contribution is 2.27. The molecule has 4 nitrogen and oxygen atoms in total. The van der Waals surface area contributed by atoms with E-state index in [-0.39, 0.29) is 10.6 Å². The van der Waals surface area contributed by atoms with Crippen molar-refractivity contribution in [2.45, 2.75) is 13.8 Å². The van der Waals surface area contributed by atoms with Crippen LogP contribution in [0, 0.1) is 11.7 Å². The third-order valence-corrected chi connectivity index (χ3v) is 3.15. The van der Waals surface area contributed by atoms with Gasteiger partial charge >= 0.3 is 5.97 Å². The molecule has 0 aliphatic carbocycles. The number of pyridine rings is 1. The fourth-order valence-electron chi connectivity index (χ4n) is 1.80. The maximum Gasteiger partial charge on any atom is 0.338 e. The van der Waals surface area contributed by atoms with Gasteiger partial charge in [-0.2, -0.15) is 0 Å². The number of nitrogens with zero attached hydrogens (tertiary/aromatic N) is 1. The lowest BCUT2D eigenvalue weighted by Crippen LogP contribution is -2.05. The highest BCUT2D eigenvalue weighted by atomic mass is 35.5. The molecule has 2 aromatic rings. The Morgan fingerprint density at radius 2 is 2.09 bits per heavy atom. The molecule has 0 fully saturated rings. The van der Waals surface area contributed by atoms with E-state index in [1.807, 2.05) is 13.8 Å². The zero-order valence-electron chi connectivity index (χ0n) is 12.1. The Morgan fingerprint density at radius 1 is 1.36 bits per heavy atom. The summed E-state index contributed by atoms with van der Waals surface area (Å²) in [5.74, 6) is -0.918. The summed E-state index contributed by atoms with van der Waals surface area (Å²) < 4.78 is 19.2. The minimum absolute atomic E-state index is 0.0476. The van der Waals surface area contributed by atoms with E-state index in [1.54, 1.807) is 6.07 Å². The number of aromatic nitrogens is 1. The predicted molar refractivity (Wildman–Crippen MR) is 81.9 cm³/mol. The number of hydrogen-bond acceptors (Lipinski definition) is 3. The summed E-state index contributed by atoms with van der Waals surface area (Å²) in [7, 11) is 0. The largest absolute Gasteiger partial charge is 0.493 e. The highest BCUT2D eigenvalue weighted by Gasteiger charge is 2.12. The highest BCUT2D eigenvalue weighted by molar-refractivity contribution is 6.33. The first-order valence-corrected chi connectivity index (χ1v) is 7.07. The summed E-state index contributed by atoms with van der Waals surface area (Å²) in [6.45, 7) is 4.45. The van der Waals surface area contributed by atoms with Crippen LogP contribution in [0.15, 0.2) is 30.5 Å². The summed E-state index contributed by atoms with van der Waals surface area (Å²) in [6.07, 6.45) is 1.15. The van der Waals surface area contributed by atoms with Crippen LogP contribution in [0.4, 0.5) is 4.39 Å². The number of aromatic carboxylic acids is 1. The topological polar surface area (TPSA) is 59.4 Å². The van der Waals surface area contributed by atoms with Gasteiger partial charge in [-0.05, 0) is 24.1 Å². The molecule has 0 radical (unpaired) electrons. The fraction of sp³-hybridized carbons (Fsp3) is 0.250. The SMILES string of the molecule is CC(C)COc1cc(F)cc(-c2cc(Cl)c(C(=O)O)cn2)c1. The average Bonchev–Trinajstić information content (AvgIpc) is 2.44. The van der Waals surface area contributed by atoms with Crippen molar-refractivity contribution in [1.29, 1.82) is 0 Å². The maximum absolute atomic E-state index is 13.7. The molecule has 2 rings (SSSR count). The number of halogens is 2. The van der Waals surface area contributed by atoms with Crippen LogP contribution in [0.2, 0.25) is 5.02 Å². The fourth-order valence-corrected chi connectivity index (χ4v) is 2.04.